The fourth-order valence-corrected chi connectivity index (χ4v) is 1.67. The normalized spacial score (nSPS) is 15.9. The Hall–Kier alpha value is -0.380. The second-order valence-corrected chi connectivity index (χ2v) is 4.25. The predicted molar refractivity (Wildman–Crippen MR) is 64.0 cm³/mol. The number of unbranched alkanes of at least 4 members (excludes halogenated alkanes) is 1. The summed E-state index contributed by atoms with van der Waals surface area (Å²) in [7, 11) is 0. The summed E-state index contributed by atoms with van der Waals surface area (Å²) in [6, 6.07) is 0.826. The second-order valence-electron chi connectivity index (χ2n) is 4.25. The first kappa shape index (κ1) is 12.7. The van der Waals surface area contributed by atoms with Gasteiger partial charge in [-0.05, 0) is 38.8 Å². The third kappa shape index (κ3) is 6.66. The van der Waals surface area contributed by atoms with Crippen molar-refractivity contribution in [2.24, 2.45) is 0 Å². The number of hydrogen-bond acceptors (Lipinski definition) is 3. The van der Waals surface area contributed by atoms with Crippen molar-refractivity contribution in [1.29, 1.82) is 0 Å². The van der Waals surface area contributed by atoms with Crippen LogP contribution in [-0.2, 0) is 0 Å². The fraction of sp³-hybridized carbons (Fsp3) is 0.833. The van der Waals surface area contributed by atoms with E-state index in [0.29, 0.717) is 0 Å². The van der Waals surface area contributed by atoms with E-state index >= 15 is 0 Å². The van der Waals surface area contributed by atoms with Crippen molar-refractivity contribution in [2.75, 3.05) is 32.8 Å². The number of nitrogens with zero attached hydrogens (tertiary/aromatic N) is 1. The molecular weight excluding hydrogens is 188 g/mol. The molecule has 0 aromatic heterocycles. The minimum Gasteiger partial charge on any atom is -0.395 e. The molecule has 0 heterocycles. The maximum Gasteiger partial charge on any atom is 0.0558 e. The number of aliphatic hydroxyl groups excluding tert-OH is 1. The smallest absolute Gasteiger partial charge is 0.0558 e. The van der Waals surface area contributed by atoms with Crippen molar-refractivity contribution >= 4 is 0 Å². The van der Waals surface area contributed by atoms with Crippen LogP contribution in [0.3, 0.4) is 0 Å². The van der Waals surface area contributed by atoms with E-state index < -0.39 is 0 Å². The Bertz CT molecular complexity index is 169. The van der Waals surface area contributed by atoms with Crippen molar-refractivity contribution in [2.45, 2.75) is 31.7 Å². The third-order valence-electron chi connectivity index (χ3n) is 2.72. The summed E-state index contributed by atoms with van der Waals surface area (Å²) in [6.45, 7) is 7.83. The molecule has 2 N–H and O–H groups in total. The zero-order valence-electron chi connectivity index (χ0n) is 9.62. The largest absolute Gasteiger partial charge is 0.395 e. The highest BCUT2D eigenvalue weighted by Gasteiger charge is 2.19. The van der Waals surface area contributed by atoms with Crippen LogP contribution in [0.1, 0.15) is 25.7 Å². The van der Waals surface area contributed by atoms with Crippen molar-refractivity contribution in [3.05, 3.63) is 12.7 Å². The first-order chi connectivity index (χ1) is 7.36. The fourth-order valence-electron chi connectivity index (χ4n) is 1.67. The lowest BCUT2D eigenvalue weighted by molar-refractivity contribution is 0.206. The van der Waals surface area contributed by atoms with Gasteiger partial charge in [-0.2, -0.15) is 0 Å². The van der Waals surface area contributed by atoms with Crippen LogP contribution >= 0.6 is 0 Å². The SMILES string of the molecule is C=CCN(CCO)CCCCNC1CC1. The Labute approximate surface area is 93.2 Å². The Morgan fingerprint density at radius 3 is 2.73 bits per heavy atom. The number of aliphatic hydroxyl groups is 1. The van der Waals surface area contributed by atoms with Gasteiger partial charge in [-0.15, -0.1) is 6.58 Å². The summed E-state index contributed by atoms with van der Waals surface area (Å²) < 4.78 is 0. The Morgan fingerprint density at radius 2 is 2.13 bits per heavy atom. The van der Waals surface area contributed by atoms with Gasteiger partial charge < -0.3 is 10.4 Å². The van der Waals surface area contributed by atoms with Crippen molar-refractivity contribution in [1.82, 2.24) is 10.2 Å². The molecule has 0 atom stereocenters. The Balaban J connectivity index is 1.91. The summed E-state index contributed by atoms with van der Waals surface area (Å²) in [5, 5.41) is 12.4. The van der Waals surface area contributed by atoms with Gasteiger partial charge in [0, 0.05) is 19.1 Å². The molecule has 0 radical (unpaired) electrons. The zero-order valence-corrected chi connectivity index (χ0v) is 9.62. The lowest BCUT2D eigenvalue weighted by Crippen LogP contribution is -2.28. The summed E-state index contributed by atoms with van der Waals surface area (Å²) in [5.41, 5.74) is 0. The molecule has 0 saturated heterocycles. The number of nitrogens with one attached hydrogen (secondary N) is 1. The van der Waals surface area contributed by atoms with Crippen LogP contribution < -0.4 is 5.32 Å². The highest BCUT2D eigenvalue weighted by Crippen LogP contribution is 2.18. The van der Waals surface area contributed by atoms with Crippen LogP contribution in [0.15, 0.2) is 12.7 Å². The lowest BCUT2D eigenvalue weighted by atomic mass is 10.3. The summed E-state index contributed by atoms with van der Waals surface area (Å²) in [4.78, 5) is 2.24. The quantitative estimate of drug-likeness (QED) is 0.419. The van der Waals surface area contributed by atoms with Crippen LogP contribution in [0, 0.1) is 0 Å². The molecule has 1 fully saturated rings. The second kappa shape index (κ2) is 7.85. The first-order valence-electron chi connectivity index (χ1n) is 6.04. The summed E-state index contributed by atoms with van der Waals surface area (Å²) in [6.07, 6.45) is 7.07. The summed E-state index contributed by atoms with van der Waals surface area (Å²) in [5.74, 6) is 0. The highest BCUT2D eigenvalue weighted by atomic mass is 16.3. The third-order valence-corrected chi connectivity index (χ3v) is 2.72. The molecule has 0 spiro atoms. The zero-order chi connectivity index (χ0) is 10.9. The van der Waals surface area contributed by atoms with Gasteiger partial charge in [0.15, 0.2) is 0 Å². The number of hydrogen-bond donors (Lipinski definition) is 2. The molecule has 1 rings (SSSR count). The molecule has 0 amide bonds. The lowest BCUT2D eigenvalue weighted by Gasteiger charge is -2.19. The van der Waals surface area contributed by atoms with E-state index in [1.165, 1.54) is 25.7 Å². The molecule has 15 heavy (non-hydrogen) atoms. The van der Waals surface area contributed by atoms with Gasteiger partial charge in [0.25, 0.3) is 0 Å². The molecule has 1 aliphatic carbocycles. The van der Waals surface area contributed by atoms with Gasteiger partial charge >= 0.3 is 0 Å². The minimum absolute atomic E-state index is 0.244. The summed E-state index contributed by atoms with van der Waals surface area (Å²) >= 11 is 0. The van der Waals surface area contributed by atoms with Crippen molar-refractivity contribution in [3.8, 4) is 0 Å². The van der Waals surface area contributed by atoms with E-state index in [2.05, 4.69) is 16.8 Å². The van der Waals surface area contributed by atoms with E-state index in [0.717, 1.165) is 32.2 Å². The molecule has 0 unspecified atom stereocenters. The molecule has 0 bridgehead atoms. The molecule has 3 nitrogen and oxygen atoms in total. The van der Waals surface area contributed by atoms with E-state index in [1.807, 2.05) is 6.08 Å². The van der Waals surface area contributed by atoms with Gasteiger partial charge in [-0.25, -0.2) is 0 Å². The number of rotatable bonds is 10. The Morgan fingerprint density at radius 1 is 1.33 bits per heavy atom. The predicted octanol–water partition coefficient (Wildman–Crippen LogP) is 0.999. The van der Waals surface area contributed by atoms with Crippen LogP contribution in [0.4, 0.5) is 0 Å². The van der Waals surface area contributed by atoms with Gasteiger partial charge in [0.2, 0.25) is 0 Å². The molecular formula is C12H24N2O. The average Bonchev–Trinajstić information content (AvgIpc) is 3.02. The minimum atomic E-state index is 0.244. The molecule has 0 aromatic rings. The first-order valence-corrected chi connectivity index (χ1v) is 6.04. The monoisotopic (exact) mass is 212 g/mol. The molecule has 0 aromatic carbocycles. The Kier molecular flexibility index (Phi) is 6.64. The molecule has 88 valence electrons. The van der Waals surface area contributed by atoms with Gasteiger partial charge in [0.1, 0.15) is 0 Å². The van der Waals surface area contributed by atoms with Crippen LogP contribution in [0.25, 0.3) is 0 Å². The molecule has 3 heteroatoms. The van der Waals surface area contributed by atoms with E-state index in [4.69, 9.17) is 5.11 Å². The molecule has 0 aliphatic heterocycles. The van der Waals surface area contributed by atoms with Gasteiger partial charge in [-0.1, -0.05) is 6.08 Å². The van der Waals surface area contributed by atoms with Crippen molar-refractivity contribution < 1.29 is 5.11 Å². The van der Waals surface area contributed by atoms with Gasteiger partial charge in [-0.3, -0.25) is 4.90 Å². The van der Waals surface area contributed by atoms with Crippen LogP contribution in [0.2, 0.25) is 0 Å². The van der Waals surface area contributed by atoms with E-state index in [-0.39, 0.29) is 6.61 Å². The highest BCUT2D eigenvalue weighted by molar-refractivity contribution is 4.80. The molecule has 1 saturated carbocycles. The average molecular weight is 212 g/mol. The molecule has 1 aliphatic rings. The van der Waals surface area contributed by atoms with E-state index in [9.17, 15) is 0 Å². The maximum absolute atomic E-state index is 8.86. The van der Waals surface area contributed by atoms with Crippen molar-refractivity contribution in [3.63, 3.8) is 0 Å². The van der Waals surface area contributed by atoms with Crippen LogP contribution in [-0.4, -0.2) is 48.8 Å². The topological polar surface area (TPSA) is 35.5 Å². The van der Waals surface area contributed by atoms with Gasteiger partial charge in [0.05, 0.1) is 6.61 Å². The van der Waals surface area contributed by atoms with E-state index in [1.54, 1.807) is 0 Å². The maximum atomic E-state index is 8.86. The standard InChI is InChI=1S/C12H24N2O/c1-2-8-14(10-11-15)9-4-3-7-13-12-5-6-12/h2,12-13,15H,1,3-11H2. The van der Waals surface area contributed by atoms with Crippen LogP contribution in [0.5, 0.6) is 0 Å².